The lowest BCUT2D eigenvalue weighted by Gasteiger charge is -2.34. The summed E-state index contributed by atoms with van der Waals surface area (Å²) in [5.41, 5.74) is 3.23. The number of aliphatic hydroxyl groups excluding tert-OH is 1. The molecule has 1 saturated carbocycles. The van der Waals surface area contributed by atoms with Gasteiger partial charge in [-0.05, 0) is 44.9 Å². The Hall–Kier alpha value is -3.40. The molecule has 2 N–H and O–H groups in total. The number of carbonyl (C=O) groups is 1. The lowest BCUT2D eigenvalue weighted by atomic mass is 9.89. The molecule has 1 fully saturated rings. The zero-order valence-electron chi connectivity index (χ0n) is 18.2. The number of carbonyl (C=O) groups excluding carboxylic acids is 1. The molecule has 0 spiro atoms. The lowest BCUT2D eigenvalue weighted by molar-refractivity contribution is -0.141. The van der Waals surface area contributed by atoms with Crippen molar-refractivity contribution >= 4 is 5.91 Å². The van der Waals surface area contributed by atoms with Crippen LogP contribution in [-0.2, 0) is 6.61 Å². The zero-order chi connectivity index (χ0) is 23.6. The molecule has 33 heavy (non-hydrogen) atoms. The zero-order valence-corrected chi connectivity index (χ0v) is 18.2. The summed E-state index contributed by atoms with van der Waals surface area (Å²) in [7, 11) is 0. The van der Waals surface area contributed by atoms with Gasteiger partial charge >= 0.3 is 0 Å². The van der Waals surface area contributed by atoms with Gasteiger partial charge in [-0.15, -0.1) is 0 Å². The molecule has 0 bridgehead atoms. The second-order valence-corrected chi connectivity index (χ2v) is 8.11. The fourth-order valence-corrected chi connectivity index (χ4v) is 3.70. The van der Waals surface area contributed by atoms with Crippen LogP contribution in [0.5, 0.6) is 5.88 Å². The molecule has 0 unspecified atom stereocenters. The highest BCUT2D eigenvalue weighted by Crippen LogP contribution is 2.33. The van der Waals surface area contributed by atoms with E-state index >= 15 is 0 Å². The molecule has 3 aromatic rings. The summed E-state index contributed by atoms with van der Waals surface area (Å²) in [5.74, 6) is -2.92. The van der Waals surface area contributed by atoms with Crippen LogP contribution < -0.4 is 10.1 Å². The van der Waals surface area contributed by atoms with Crippen LogP contribution in [0.15, 0.2) is 41.2 Å². The molecule has 10 heteroatoms. The van der Waals surface area contributed by atoms with Gasteiger partial charge in [-0.3, -0.25) is 9.78 Å². The molecular weight excluding hydrogens is 434 g/mol. The minimum atomic E-state index is -3.21. The molecule has 0 aromatic carbocycles. The molecule has 3 heterocycles. The highest BCUT2D eigenvalue weighted by atomic mass is 19.3. The van der Waals surface area contributed by atoms with Crippen LogP contribution in [0.25, 0.3) is 11.3 Å². The Morgan fingerprint density at radius 3 is 2.76 bits per heavy atom. The number of hydrogen-bond donors (Lipinski definition) is 2. The molecule has 0 aliphatic heterocycles. The molecule has 174 valence electrons. The topological polar surface area (TPSA) is 110 Å². The van der Waals surface area contributed by atoms with E-state index in [0.29, 0.717) is 11.5 Å². The first-order valence-electron chi connectivity index (χ1n) is 10.6. The van der Waals surface area contributed by atoms with Gasteiger partial charge in [-0.2, -0.15) is 0 Å². The molecule has 1 aliphatic rings. The van der Waals surface area contributed by atoms with Crippen molar-refractivity contribution in [3.63, 3.8) is 0 Å². The van der Waals surface area contributed by atoms with Crippen LogP contribution in [0, 0.1) is 13.8 Å². The van der Waals surface area contributed by atoms with Crippen molar-refractivity contribution in [2.75, 3.05) is 0 Å². The number of rotatable bonds is 6. The number of nitrogens with zero attached hydrogens (tertiary/aromatic N) is 3. The van der Waals surface area contributed by atoms with Gasteiger partial charge in [0.1, 0.15) is 24.2 Å². The van der Waals surface area contributed by atoms with Crippen molar-refractivity contribution in [3.05, 3.63) is 59.2 Å². The number of amides is 1. The monoisotopic (exact) mass is 458 g/mol. The second-order valence-electron chi connectivity index (χ2n) is 8.11. The Bertz CT molecular complexity index is 1120. The van der Waals surface area contributed by atoms with Crippen LogP contribution in [0.1, 0.15) is 46.6 Å². The molecule has 4 rings (SSSR count). The number of aliphatic hydroxyl groups is 1. The molecule has 2 atom stereocenters. The largest absolute Gasteiger partial charge is 0.473 e. The summed E-state index contributed by atoms with van der Waals surface area (Å²) in [6.45, 7) is 3.81. The maximum absolute atomic E-state index is 13.7. The van der Waals surface area contributed by atoms with Crippen LogP contribution >= 0.6 is 0 Å². The Morgan fingerprint density at radius 1 is 1.24 bits per heavy atom. The Morgan fingerprint density at radius 2 is 2.06 bits per heavy atom. The third kappa shape index (κ3) is 5.00. The molecule has 0 radical (unpaired) electrons. The van der Waals surface area contributed by atoms with E-state index in [4.69, 9.17) is 9.26 Å². The predicted molar refractivity (Wildman–Crippen MR) is 114 cm³/mol. The highest BCUT2D eigenvalue weighted by molar-refractivity contribution is 5.94. The van der Waals surface area contributed by atoms with Crippen molar-refractivity contribution in [1.82, 2.24) is 20.4 Å². The minimum Gasteiger partial charge on any atom is -0.473 e. The number of alkyl halides is 2. The molecule has 1 amide bonds. The van der Waals surface area contributed by atoms with E-state index < -0.39 is 24.0 Å². The number of hydrogen-bond acceptors (Lipinski definition) is 7. The van der Waals surface area contributed by atoms with Crippen LogP contribution in [0.4, 0.5) is 8.78 Å². The summed E-state index contributed by atoms with van der Waals surface area (Å²) in [6.07, 6.45) is 1.22. The average molecular weight is 458 g/mol. The van der Waals surface area contributed by atoms with Crippen LogP contribution in [-0.4, -0.2) is 44.2 Å². The van der Waals surface area contributed by atoms with E-state index in [1.807, 2.05) is 19.1 Å². The van der Waals surface area contributed by atoms with E-state index in [1.165, 1.54) is 18.3 Å². The minimum absolute atomic E-state index is 0.139. The highest BCUT2D eigenvalue weighted by Gasteiger charge is 2.46. The SMILES string of the molecule is Cc1ccc(-c2noc(C)c2COc2ccc(C(=O)N[C@H]3CCCC(F)(F)[C@@H]3O)cn2)cn1. The van der Waals surface area contributed by atoms with Gasteiger partial charge in [-0.1, -0.05) is 5.16 Å². The van der Waals surface area contributed by atoms with Gasteiger partial charge in [0.15, 0.2) is 0 Å². The van der Waals surface area contributed by atoms with Crippen LogP contribution in [0.2, 0.25) is 0 Å². The van der Waals surface area contributed by atoms with Crippen molar-refractivity contribution < 1.29 is 27.9 Å². The summed E-state index contributed by atoms with van der Waals surface area (Å²) >= 11 is 0. The maximum Gasteiger partial charge on any atom is 0.275 e. The Kier molecular flexibility index (Phi) is 6.37. The van der Waals surface area contributed by atoms with Gasteiger partial charge in [-0.25, -0.2) is 13.8 Å². The molecule has 1 aliphatic carbocycles. The van der Waals surface area contributed by atoms with E-state index in [-0.39, 0.29) is 37.3 Å². The predicted octanol–water partition coefficient (Wildman–Crippen LogP) is 3.61. The number of aromatic nitrogens is 3. The molecule has 3 aromatic heterocycles. The number of nitrogens with one attached hydrogen (secondary N) is 1. The second kappa shape index (κ2) is 9.22. The van der Waals surface area contributed by atoms with Gasteiger partial charge in [0.05, 0.1) is 17.2 Å². The molecule has 0 saturated heterocycles. The smallest absolute Gasteiger partial charge is 0.275 e. The van der Waals surface area contributed by atoms with E-state index in [1.54, 1.807) is 13.1 Å². The number of pyridine rings is 2. The number of halogens is 2. The quantitative estimate of drug-likeness (QED) is 0.581. The van der Waals surface area contributed by atoms with E-state index in [2.05, 4.69) is 20.4 Å². The molecular formula is C23H24F2N4O4. The van der Waals surface area contributed by atoms with Gasteiger partial charge < -0.3 is 19.7 Å². The third-order valence-electron chi connectivity index (χ3n) is 5.69. The first kappa shape index (κ1) is 22.8. The normalized spacial score (nSPS) is 19.8. The van der Waals surface area contributed by atoms with Crippen LogP contribution in [0.3, 0.4) is 0 Å². The fraction of sp³-hybridized carbons (Fsp3) is 0.391. The van der Waals surface area contributed by atoms with E-state index in [0.717, 1.165) is 16.8 Å². The standard InChI is InChI=1S/C23H24F2N4O4/c1-13-5-6-15(10-26-13)20-17(14(2)33-29-20)12-32-19-8-7-16(11-27-19)22(31)28-18-4-3-9-23(24,25)21(18)30/h5-8,10-11,18,21,30H,3-4,9,12H2,1-2H3,(H,28,31)/t18-,21+/m0/s1. The van der Waals surface area contributed by atoms with Crippen molar-refractivity contribution in [2.45, 2.75) is 57.8 Å². The van der Waals surface area contributed by atoms with Gasteiger partial charge in [0, 0.05) is 36.1 Å². The summed E-state index contributed by atoms with van der Waals surface area (Å²) in [6, 6.07) is 5.76. The fourth-order valence-electron chi connectivity index (χ4n) is 3.70. The molecule has 8 nitrogen and oxygen atoms in total. The van der Waals surface area contributed by atoms with Gasteiger partial charge in [0.25, 0.3) is 11.8 Å². The van der Waals surface area contributed by atoms with E-state index in [9.17, 15) is 18.7 Å². The Labute approximate surface area is 189 Å². The number of ether oxygens (including phenoxy) is 1. The summed E-state index contributed by atoms with van der Waals surface area (Å²) < 4.78 is 38.4. The van der Waals surface area contributed by atoms with Gasteiger partial charge in [0.2, 0.25) is 5.88 Å². The Balaban J connectivity index is 1.39. The van der Waals surface area contributed by atoms with Crippen molar-refractivity contribution in [1.29, 1.82) is 0 Å². The maximum atomic E-state index is 13.7. The first-order valence-corrected chi connectivity index (χ1v) is 10.6. The summed E-state index contributed by atoms with van der Waals surface area (Å²) in [4.78, 5) is 20.8. The van der Waals surface area contributed by atoms with Crippen molar-refractivity contribution in [2.24, 2.45) is 0 Å². The summed E-state index contributed by atoms with van der Waals surface area (Å²) in [5, 5.41) is 16.4. The number of aryl methyl sites for hydroxylation is 2. The van der Waals surface area contributed by atoms with Crippen molar-refractivity contribution in [3.8, 4) is 17.1 Å². The third-order valence-corrected chi connectivity index (χ3v) is 5.69. The first-order chi connectivity index (χ1) is 15.7. The average Bonchev–Trinajstić information content (AvgIpc) is 3.16. The lowest BCUT2D eigenvalue weighted by Crippen LogP contribution is -2.54.